The monoisotopic (exact) mass is 244 g/mol. The number of likely N-dealkylation sites (N-methyl/N-ethyl adjacent to an activating group) is 1. The highest BCUT2D eigenvalue weighted by Crippen LogP contribution is 2.12. The number of nitrogens with one attached hydrogen (secondary N) is 1. The van der Waals surface area contributed by atoms with Crippen LogP contribution in [0.1, 0.15) is 20.3 Å². The summed E-state index contributed by atoms with van der Waals surface area (Å²) in [7, 11) is 1.69. The minimum absolute atomic E-state index is 0.0958. The molecule has 1 N–H and O–H groups in total. The number of rotatable bonds is 7. The molecular weight excluding hydrogens is 220 g/mol. The Morgan fingerprint density at radius 1 is 1.47 bits per heavy atom. The normalized spacial score (nSPS) is 23.9. The van der Waals surface area contributed by atoms with Gasteiger partial charge in [-0.2, -0.15) is 0 Å². The minimum atomic E-state index is -0.0958. The molecule has 2 atom stereocenters. The van der Waals surface area contributed by atoms with Gasteiger partial charge in [-0.25, -0.2) is 0 Å². The lowest BCUT2D eigenvalue weighted by Crippen LogP contribution is -2.44. The molecule has 1 saturated heterocycles. The van der Waals surface area contributed by atoms with Gasteiger partial charge in [-0.3, -0.25) is 4.79 Å². The Morgan fingerprint density at radius 3 is 2.76 bits per heavy atom. The van der Waals surface area contributed by atoms with Crippen molar-refractivity contribution in [2.45, 2.75) is 32.4 Å². The fourth-order valence-electron chi connectivity index (χ4n) is 2.03. The molecule has 0 bridgehead atoms. The summed E-state index contributed by atoms with van der Waals surface area (Å²) in [6.07, 6.45) is 0.926. The van der Waals surface area contributed by atoms with Gasteiger partial charge in [0.1, 0.15) is 0 Å². The van der Waals surface area contributed by atoms with E-state index in [0.29, 0.717) is 19.8 Å². The average molecular weight is 244 g/mol. The number of methoxy groups -OCH3 is 1. The number of ether oxygens (including phenoxy) is 2. The van der Waals surface area contributed by atoms with Crippen LogP contribution in [-0.4, -0.2) is 62.9 Å². The van der Waals surface area contributed by atoms with E-state index in [-0.39, 0.29) is 18.1 Å². The zero-order valence-electron chi connectivity index (χ0n) is 11.1. The number of hydrogen-bond donors (Lipinski definition) is 1. The number of hydrogen-bond acceptors (Lipinski definition) is 4. The lowest BCUT2D eigenvalue weighted by Gasteiger charge is -2.24. The van der Waals surface area contributed by atoms with Crippen LogP contribution in [0.4, 0.5) is 0 Å². The highest BCUT2D eigenvalue weighted by atomic mass is 16.5. The first-order valence-electron chi connectivity index (χ1n) is 6.35. The Morgan fingerprint density at radius 2 is 2.24 bits per heavy atom. The summed E-state index contributed by atoms with van der Waals surface area (Å²) in [5, 5.41) is 3.21. The molecule has 100 valence electrons. The van der Waals surface area contributed by atoms with Gasteiger partial charge in [-0.15, -0.1) is 0 Å². The quantitative estimate of drug-likeness (QED) is 0.652. The molecule has 1 aliphatic heterocycles. The molecule has 1 amide bonds. The number of carbonyl (C=O) groups excluding carboxylic acids is 1. The second kappa shape index (κ2) is 7.63. The van der Waals surface area contributed by atoms with Crippen LogP contribution in [0, 0.1) is 0 Å². The molecule has 0 aromatic rings. The van der Waals surface area contributed by atoms with E-state index in [1.165, 1.54) is 0 Å². The van der Waals surface area contributed by atoms with Crippen LogP contribution in [0.3, 0.4) is 0 Å². The maximum absolute atomic E-state index is 12.2. The summed E-state index contributed by atoms with van der Waals surface area (Å²) < 4.78 is 10.5. The second-order valence-corrected chi connectivity index (χ2v) is 4.17. The van der Waals surface area contributed by atoms with Crippen LogP contribution in [0.5, 0.6) is 0 Å². The highest BCUT2D eigenvalue weighted by molar-refractivity contribution is 5.82. The average Bonchev–Trinajstić information content (AvgIpc) is 2.82. The topological polar surface area (TPSA) is 50.8 Å². The third-order valence-corrected chi connectivity index (χ3v) is 3.13. The van der Waals surface area contributed by atoms with E-state index in [9.17, 15) is 4.79 Å². The van der Waals surface area contributed by atoms with Crippen LogP contribution in [0.25, 0.3) is 0 Å². The molecular formula is C12H24N2O3. The predicted octanol–water partition coefficient (Wildman–Crippen LogP) is 0.248. The van der Waals surface area contributed by atoms with Crippen LogP contribution >= 0.6 is 0 Å². The van der Waals surface area contributed by atoms with Crippen molar-refractivity contribution in [2.75, 3.05) is 40.0 Å². The molecule has 1 rings (SSSR count). The van der Waals surface area contributed by atoms with Crippen LogP contribution in [0.15, 0.2) is 0 Å². The predicted molar refractivity (Wildman–Crippen MR) is 66.0 cm³/mol. The van der Waals surface area contributed by atoms with E-state index in [4.69, 9.17) is 9.47 Å². The lowest BCUT2D eigenvalue weighted by atomic mass is 10.2. The van der Waals surface area contributed by atoms with E-state index in [2.05, 4.69) is 5.32 Å². The first-order chi connectivity index (χ1) is 8.22. The fourth-order valence-corrected chi connectivity index (χ4v) is 2.03. The molecule has 0 saturated carbocycles. The molecule has 1 aliphatic rings. The molecule has 5 nitrogen and oxygen atoms in total. The van der Waals surface area contributed by atoms with Crippen molar-refractivity contribution in [3.05, 3.63) is 0 Å². The molecule has 0 aromatic heterocycles. The second-order valence-electron chi connectivity index (χ2n) is 4.17. The van der Waals surface area contributed by atoms with Gasteiger partial charge >= 0.3 is 0 Å². The summed E-state index contributed by atoms with van der Waals surface area (Å²) >= 11 is 0. The van der Waals surface area contributed by atoms with Gasteiger partial charge in [-0.05, 0) is 20.3 Å². The van der Waals surface area contributed by atoms with Gasteiger partial charge in [0, 0.05) is 33.4 Å². The van der Waals surface area contributed by atoms with Gasteiger partial charge in [0.05, 0.1) is 18.8 Å². The summed E-state index contributed by atoms with van der Waals surface area (Å²) in [5.74, 6) is 0.159. The zero-order valence-corrected chi connectivity index (χ0v) is 11.1. The van der Waals surface area contributed by atoms with Crippen LogP contribution < -0.4 is 5.32 Å². The highest BCUT2D eigenvalue weighted by Gasteiger charge is 2.31. The zero-order chi connectivity index (χ0) is 12.7. The summed E-state index contributed by atoms with van der Waals surface area (Å²) in [6.45, 7) is 7.40. The minimum Gasteiger partial charge on any atom is -0.380 e. The Kier molecular flexibility index (Phi) is 6.47. The van der Waals surface area contributed by atoms with E-state index < -0.39 is 0 Å². The molecule has 17 heavy (non-hydrogen) atoms. The van der Waals surface area contributed by atoms with Crippen molar-refractivity contribution in [1.29, 1.82) is 0 Å². The molecule has 0 aliphatic carbocycles. The van der Waals surface area contributed by atoms with E-state index in [1.807, 2.05) is 18.7 Å². The standard InChI is InChI=1S/C12H24N2O3/c1-4-14(6-7-17-5-2)12(15)11-8-10(16-3)9-13-11/h10-11,13H,4-9H2,1-3H3. The maximum Gasteiger partial charge on any atom is 0.239 e. The smallest absolute Gasteiger partial charge is 0.239 e. The number of nitrogens with zero attached hydrogens (tertiary/aromatic N) is 1. The summed E-state index contributed by atoms with van der Waals surface area (Å²) in [5.41, 5.74) is 0. The maximum atomic E-state index is 12.2. The SMILES string of the molecule is CCOCCN(CC)C(=O)C1CC(OC)CN1. The molecule has 0 spiro atoms. The van der Waals surface area contributed by atoms with Crippen LogP contribution in [-0.2, 0) is 14.3 Å². The van der Waals surface area contributed by atoms with Crippen molar-refractivity contribution < 1.29 is 14.3 Å². The molecule has 1 fully saturated rings. The van der Waals surface area contributed by atoms with Crippen molar-refractivity contribution in [2.24, 2.45) is 0 Å². The number of carbonyl (C=O) groups is 1. The van der Waals surface area contributed by atoms with Gasteiger partial charge in [0.15, 0.2) is 0 Å². The molecule has 1 heterocycles. The molecule has 0 aromatic carbocycles. The van der Waals surface area contributed by atoms with Crippen molar-refractivity contribution in [1.82, 2.24) is 10.2 Å². The largest absolute Gasteiger partial charge is 0.380 e. The Hall–Kier alpha value is -0.650. The van der Waals surface area contributed by atoms with E-state index in [0.717, 1.165) is 19.5 Å². The van der Waals surface area contributed by atoms with Gasteiger partial charge in [0.25, 0.3) is 0 Å². The molecule has 2 unspecified atom stereocenters. The van der Waals surface area contributed by atoms with Crippen molar-refractivity contribution >= 4 is 5.91 Å². The third-order valence-electron chi connectivity index (χ3n) is 3.13. The number of amides is 1. The van der Waals surface area contributed by atoms with E-state index in [1.54, 1.807) is 7.11 Å². The Balaban J connectivity index is 2.38. The first kappa shape index (κ1) is 14.4. The van der Waals surface area contributed by atoms with Gasteiger partial charge < -0.3 is 19.7 Å². The Labute approximate surface area is 103 Å². The van der Waals surface area contributed by atoms with Gasteiger partial charge in [0.2, 0.25) is 5.91 Å². The molecule has 0 radical (unpaired) electrons. The first-order valence-corrected chi connectivity index (χ1v) is 6.35. The van der Waals surface area contributed by atoms with Crippen LogP contribution in [0.2, 0.25) is 0 Å². The fraction of sp³-hybridized carbons (Fsp3) is 0.917. The Bertz CT molecular complexity index is 236. The summed E-state index contributed by atoms with van der Waals surface area (Å²) in [6, 6.07) is -0.0958. The van der Waals surface area contributed by atoms with Crippen molar-refractivity contribution in [3.63, 3.8) is 0 Å². The molecule has 5 heteroatoms. The summed E-state index contributed by atoms with van der Waals surface area (Å²) in [4.78, 5) is 14.0. The van der Waals surface area contributed by atoms with Crippen molar-refractivity contribution in [3.8, 4) is 0 Å². The van der Waals surface area contributed by atoms with Gasteiger partial charge in [-0.1, -0.05) is 0 Å². The van der Waals surface area contributed by atoms with E-state index >= 15 is 0 Å². The third kappa shape index (κ3) is 4.26. The lowest BCUT2D eigenvalue weighted by molar-refractivity contribution is -0.133.